The van der Waals surface area contributed by atoms with Crippen molar-refractivity contribution in [3.63, 3.8) is 0 Å². The maximum Gasteiger partial charge on any atom is 0.185 e. The number of benzene rings is 1. The van der Waals surface area contributed by atoms with E-state index < -0.39 is 0 Å². The number of ether oxygens (including phenoxy) is 1. The number of ketones is 1. The van der Waals surface area contributed by atoms with Crippen molar-refractivity contribution >= 4 is 11.4 Å². The fourth-order valence-electron chi connectivity index (χ4n) is 3.63. The van der Waals surface area contributed by atoms with Crippen molar-refractivity contribution < 1.29 is 9.53 Å². The smallest absolute Gasteiger partial charge is 0.185 e. The lowest BCUT2D eigenvalue weighted by molar-refractivity contribution is 0.0901. The summed E-state index contributed by atoms with van der Waals surface area (Å²) in [7, 11) is 1.65. The van der Waals surface area contributed by atoms with E-state index in [0.29, 0.717) is 17.8 Å². The summed E-state index contributed by atoms with van der Waals surface area (Å²) in [6, 6.07) is 7.78. The third-order valence-corrected chi connectivity index (χ3v) is 4.74. The summed E-state index contributed by atoms with van der Waals surface area (Å²) in [6.07, 6.45) is 1.23. The van der Waals surface area contributed by atoms with Gasteiger partial charge in [0.05, 0.1) is 24.1 Å². The van der Waals surface area contributed by atoms with E-state index in [4.69, 9.17) is 4.74 Å². The molecule has 6 heteroatoms. The van der Waals surface area contributed by atoms with Crippen molar-refractivity contribution in [2.45, 2.75) is 33.6 Å². The molecule has 0 spiro atoms. The molecule has 1 aliphatic rings. The molecule has 0 bridgehead atoms. The zero-order chi connectivity index (χ0) is 17.8. The number of Topliss-reactive ketones (excluding diaryl/α,β-unsaturated/α-hetero) is 1. The van der Waals surface area contributed by atoms with E-state index in [9.17, 15) is 4.79 Å². The molecular formula is C19H20N4O2. The van der Waals surface area contributed by atoms with Crippen LogP contribution in [0.15, 0.2) is 24.3 Å². The monoisotopic (exact) mass is 336 g/mol. The molecule has 0 saturated carbocycles. The van der Waals surface area contributed by atoms with Gasteiger partial charge in [-0.05, 0) is 24.8 Å². The van der Waals surface area contributed by atoms with Crippen LogP contribution in [0.1, 0.15) is 42.1 Å². The maximum atomic E-state index is 12.4. The van der Waals surface area contributed by atoms with Crippen LogP contribution >= 0.6 is 0 Å². The van der Waals surface area contributed by atoms with Crippen LogP contribution in [-0.4, -0.2) is 32.7 Å². The van der Waals surface area contributed by atoms with E-state index in [2.05, 4.69) is 29.1 Å². The van der Waals surface area contributed by atoms with Gasteiger partial charge in [-0.15, -0.1) is 10.2 Å². The first-order chi connectivity index (χ1) is 11.9. The molecular weight excluding hydrogens is 316 g/mol. The van der Waals surface area contributed by atoms with Gasteiger partial charge in [-0.3, -0.25) is 4.79 Å². The van der Waals surface area contributed by atoms with Gasteiger partial charge >= 0.3 is 0 Å². The SMILES string of the molecule is COc1ccccc1-c1c(C)nn2c3c(nnc12)C(=O)CC(C)(C)C3. The molecule has 1 aliphatic carbocycles. The number of carbonyl (C=O) groups excluding carboxylic acids is 1. The molecule has 0 unspecified atom stereocenters. The third kappa shape index (κ3) is 2.40. The van der Waals surface area contributed by atoms with Crippen molar-refractivity contribution in [2.75, 3.05) is 7.11 Å². The van der Waals surface area contributed by atoms with Gasteiger partial charge < -0.3 is 4.74 Å². The quantitative estimate of drug-likeness (QED) is 0.718. The first-order valence-corrected chi connectivity index (χ1v) is 8.33. The molecule has 25 heavy (non-hydrogen) atoms. The molecule has 0 amide bonds. The number of para-hydroxylation sites is 1. The number of carbonyl (C=O) groups is 1. The fourth-order valence-corrected chi connectivity index (χ4v) is 3.63. The largest absolute Gasteiger partial charge is 0.496 e. The Hall–Kier alpha value is -2.76. The Morgan fingerprint density at radius 1 is 1.16 bits per heavy atom. The second-order valence-corrected chi connectivity index (χ2v) is 7.33. The summed E-state index contributed by atoms with van der Waals surface area (Å²) < 4.78 is 7.29. The zero-order valence-electron chi connectivity index (χ0n) is 14.8. The summed E-state index contributed by atoms with van der Waals surface area (Å²) in [5, 5.41) is 13.3. The maximum absolute atomic E-state index is 12.4. The molecule has 0 N–H and O–H groups in total. The molecule has 128 valence electrons. The molecule has 2 heterocycles. The predicted octanol–water partition coefficient (Wildman–Crippen LogP) is 3.26. The number of rotatable bonds is 2. The molecule has 0 fully saturated rings. The highest BCUT2D eigenvalue weighted by Crippen LogP contribution is 2.37. The molecule has 4 rings (SSSR count). The van der Waals surface area contributed by atoms with E-state index in [0.717, 1.165) is 34.7 Å². The van der Waals surface area contributed by atoms with Gasteiger partial charge in [0.15, 0.2) is 17.1 Å². The van der Waals surface area contributed by atoms with Crippen LogP contribution in [0.4, 0.5) is 0 Å². The summed E-state index contributed by atoms with van der Waals surface area (Å²) >= 11 is 0. The number of hydrogen-bond donors (Lipinski definition) is 0. The Kier molecular flexibility index (Phi) is 3.39. The number of hydrogen-bond acceptors (Lipinski definition) is 5. The van der Waals surface area contributed by atoms with Crippen LogP contribution in [0.25, 0.3) is 16.8 Å². The Bertz CT molecular complexity index is 1000. The van der Waals surface area contributed by atoms with Gasteiger partial charge in [0.2, 0.25) is 0 Å². The van der Waals surface area contributed by atoms with Crippen molar-refractivity contribution in [1.82, 2.24) is 19.8 Å². The molecule has 3 aromatic rings. The number of nitrogens with zero attached hydrogens (tertiary/aromatic N) is 4. The molecule has 0 radical (unpaired) electrons. The fraction of sp³-hybridized carbons (Fsp3) is 0.368. The molecule has 0 aliphatic heterocycles. The van der Waals surface area contributed by atoms with E-state index in [1.807, 2.05) is 31.2 Å². The second kappa shape index (κ2) is 5.37. The van der Waals surface area contributed by atoms with E-state index in [1.165, 1.54) is 0 Å². The van der Waals surface area contributed by atoms with E-state index >= 15 is 0 Å². The van der Waals surface area contributed by atoms with Crippen LogP contribution in [-0.2, 0) is 6.42 Å². The van der Waals surface area contributed by atoms with Gasteiger partial charge in [0, 0.05) is 12.0 Å². The Labute approximate surface area is 145 Å². The molecule has 0 atom stereocenters. The molecule has 0 saturated heterocycles. The van der Waals surface area contributed by atoms with Crippen LogP contribution in [0.2, 0.25) is 0 Å². The highest BCUT2D eigenvalue weighted by atomic mass is 16.5. The number of fused-ring (bicyclic) bond motifs is 3. The summed E-state index contributed by atoms with van der Waals surface area (Å²) in [5.41, 5.74) is 4.49. The zero-order valence-corrected chi connectivity index (χ0v) is 14.8. The predicted molar refractivity (Wildman–Crippen MR) is 93.9 cm³/mol. The highest BCUT2D eigenvalue weighted by Gasteiger charge is 2.35. The van der Waals surface area contributed by atoms with Gasteiger partial charge in [0.25, 0.3) is 0 Å². The lowest BCUT2D eigenvalue weighted by Gasteiger charge is -2.29. The second-order valence-electron chi connectivity index (χ2n) is 7.33. The van der Waals surface area contributed by atoms with Crippen LogP contribution < -0.4 is 4.74 Å². The average molecular weight is 336 g/mol. The van der Waals surface area contributed by atoms with Gasteiger partial charge in [-0.2, -0.15) is 5.10 Å². The summed E-state index contributed by atoms with van der Waals surface area (Å²) in [4.78, 5) is 12.4. The van der Waals surface area contributed by atoms with Gasteiger partial charge in [-0.1, -0.05) is 32.0 Å². The Morgan fingerprint density at radius 3 is 2.68 bits per heavy atom. The van der Waals surface area contributed by atoms with Crippen molar-refractivity contribution in [2.24, 2.45) is 5.41 Å². The normalized spacial score (nSPS) is 16.1. The molecule has 1 aromatic carbocycles. The number of methoxy groups -OCH3 is 1. The van der Waals surface area contributed by atoms with E-state index in [1.54, 1.807) is 11.6 Å². The van der Waals surface area contributed by atoms with Crippen LogP contribution in [0, 0.1) is 12.3 Å². The minimum Gasteiger partial charge on any atom is -0.496 e. The van der Waals surface area contributed by atoms with Crippen LogP contribution in [0.5, 0.6) is 5.75 Å². The van der Waals surface area contributed by atoms with Gasteiger partial charge in [0.1, 0.15) is 5.75 Å². The molecule has 6 nitrogen and oxygen atoms in total. The average Bonchev–Trinajstić information content (AvgIpc) is 2.90. The standard InChI is InChI=1S/C19H20N4O2/c1-11-16(12-7-5-6-8-15(12)25-4)18-21-20-17-13(23(18)22-11)9-19(2,3)10-14(17)24/h5-8H,9-10H2,1-4H3. The Morgan fingerprint density at radius 2 is 1.92 bits per heavy atom. The minimum absolute atomic E-state index is 0.0349. The highest BCUT2D eigenvalue weighted by molar-refractivity contribution is 5.97. The van der Waals surface area contributed by atoms with Gasteiger partial charge in [-0.25, -0.2) is 4.52 Å². The first-order valence-electron chi connectivity index (χ1n) is 8.33. The van der Waals surface area contributed by atoms with Crippen molar-refractivity contribution in [3.05, 3.63) is 41.3 Å². The van der Waals surface area contributed by atoms with Crippen molar-refractivity contribution in [3.8, 4) is 16.9 Å². The summed E-state index contributed by atoms with van der Waals surface area (Å²) in [5.74, 6) is 0.795. The Balaban J connectivity index is 2.01. The van der Waals surface area contributed by atoms with Crippen molar-refractivity contribution in [1.29, 1.82) is 0 Å². The number of aryl methyl sites for hydroxylation is 1. The molecule has 2 aromatic heterocycles. The number of aromatic nitrogens is 4. The topological polar surface area (TPSA) is 69.4 Å². The first kappa shape index (κ1) is 15.7. The summed E-state index contributed by atoms with van der Waals surface area (Å²) in [6.45, 7) is 6.13. The third-order valence-electron chi connectivity index (χ3n) is 4.74. The van der Waals surface area contributed by atoms with Crippen LogP contribution in [0.3, 0.4) is 0 Å². The lowest BCUT2D eigenvalue weighted by atomic mass is 9.77. The lowest BCUT2D eigenvalue weighted by Crippen LogP contribution is -2.30. The minimum atomic E-state index is -0.107. The van der Waals surface area contributed by atoms with E-state index in [-0.39, 0.29) is 11.2 Å².